The lowest BCUT2D eigenvalue weighted by Crippen LogP contribution is -2.46. The number of amides is 2. The number of nitrogens with two attached hydrogens (primary N) is 1. The zero-order valence-electron chi connectivity index (χ0n) is 22.5. The van der Waals surface area contributed by atoms with Crippen LogP contribution >= 0.6 is 0 Å². The van der Waals surface area contributed by atoms with Crippen LogP contribution < -0.4 is 10.5 Å². The normalized spacial score (nSPS) is 21.0. The molecule has 2 saturated heterocycles. The van der Waals surface area contributed by atoms with Crippen LogP contribution in [0.4, 0.5) is 17.6 Å². The van der Waals surface area contributed by atoms with Crippen LogP contribution in [0.2, 0.25) is 0 Å². The highest BCUT2D eigenvalue weighted by Gasteiger charge is 2.48. The maximum Gasteiger partial charge on any atom is 0.395 e. The van der Waals surface area contributed by atoms with Crippen LogP contribution in [0.25, 0.3) is 11.3 Å². The second kappa shape index (κ2) is 11.7. The Morgan fingerprint density at radius 2 is 1.85 bits per heavy atom. The smallest absolute Gasteiger partial charge is 0.395 e. The van der Waals surface area contributed by atoms with Crippen LogP contribution in [0.5, 0.6) is 5.75 Å². The minimum absolute atomic E-state index is 0.0228. The van der Waals surface area contributed by atoms with Crippen LogP contribution in [0.3, 0.4) is 0 Å². The van der Waals surface area contributed by atoms with Gasteiger partial charge in [-0.3, -0.25) is 14.6 Å². The van der Waals surface area contributed by atoms with E-state index in [1.807, 2.05) is 4.90 Å². The molecule has 12 heteroatoms. The van der Waals surface area contributed by atoms with E-state index in [0.29, 0.717) is 31.1 Å². The Morgan fingerprint density at radius 3 is 2.42 bits per heavy atom. The molecule has 0 radical (unpaired) electrons. The largest absolute Gasteiger partial charge is 0.492 e. The van der Waals surface area contributed by atoms with Crippen molar-refractivity contribution in [2.75, 3.05) is 32.8 Å². The van der Waals surface area contributed by atoms with Crippen molar-refractivity contribution in [3.05, 3.63) is 47.9 Å². The van der Waals surface area contributed by atoms with E-state index >= 15 is 0 Å². The van der Waals surface area contributed by atoms with E-state index < -0.39 is 41.4 Å². The van der Waals surface area contributed by atoms with E-state index in [-0.39, 0.29) is 36.6 Å². The van der Waals surface area contributed by atoms with Crippen LogP contribution in [0.1, 0.15) is 43.5 Å². The molecule has 2 atom stereocenters. The summed E-state index contributed by atoms with van der Waals surface area (Å²) in [5, 5.41) is 9.84. The number of pyridine rings is 1. The molecule has 1 aromatic carbocycles. The number of hydrogen-bond acceptors (Lipinski definition) is 6. The molecule has 3 N–H and O–H groups in total. The molecular weight excluding hydrogens is 532 g/mol. The summed E-state index contributed by atoms with van der Waals surface area (Å²) in [6.45, 7) is 3.90. The highest BCUT2D eigenvalue weighted by atomic mass is 19.4. The van der Waals surface area contributed by atoms with Crippen LogP contribution in [-0.4, -0.2) is 82.8 Å². The van der Waals surface area contributed by atoms with Gasteiger partial charge in [-0.25, -0.2) is 4.39 Å². The minimum atomic E-state index is -4.25. The van der Waals surface area contributed by atoms with Gasteiger partial charge in [-0.1, -0.05) is 0 Å². The third-order valence-corrected chi connectivity index (χ3v) is 7.68. The Morgan fingerprint density at radius 1 is 1.15 bits per heavy atom. The predicted molar refractivity (Wildman–Crippen MR) is 139 cm³/mol. The molecule has 2 amide bonds. The van der Waals surface area contributed by atoms with E-state index in [1.165, 1.54) is 32.2 Å². The van der Waals surface area contributed by atoms with Crippen molar-refractivity contribution >= 4 is 11.8 Å². The molecule has 0 bridgehead atoms. The summed E-state index contributed by atoms with van der Waals surface area (Å²) in [7, 11) is 0. The number of piperidine rings is 1. The number of aliphatic hydroxyl groups excluding tert-OH is 1. The molecule has 1 aromatic heterocycles. The highest BCUT2D eigenvalue weighted by molar-refractivity contribution is 5.98. The monoisotopic (exact) mass is 566 g/mol. The molecule has 0 spiro atoms. The average Bonchev–Trinajstić information content (AvgIpc) is 3.29. The standard InChI is InChI=1S/C28H34F4N4O4/c1-27(2,28(30,31)32)16-35-9-7-17(8-10-35)15-40-20-4-6-23(34-13-20)21-5-3-18(11-22(21)29)26(39)36-14-19(37)12-24(36)25(33)38/h3-6,11,13,17,19,24,37H,7-10,12,14-16H2,1-2H3,(H2,33,38). The van der Waals surface area contributed by atoms with Gasteiger partial charge in [0.15, 0.2) is 0 Å². The minimum Gasteiger partial charge on any atom is -0.492 e. The van der Waals surface area contributed by atoms with Gasteiger partial charge >= 0.3 is 6.18 Å². The number of primary amides is 1. The predicted octanol–water partition coefficient (Wildman–Crippen LogP) is 3.63. The Bertz CT molecular complexity index is 1210. The summed E-state index contributed by atoms with van der Waals surface area (Å²) in [5.74, 6) is -1.32. The molecule has 8 nitrogen and oxygen atoms in total. The molecule has 2 unspecified atom stereocenters. The highest BCUT2D eigenvalue weighted by Crippen LogP contribution is 2.38. The maximum atomic E-state index is 15.0. The zero-order valence-corrected chi connectivity index (χ0v) is 22.5. The van der Waals surface area contributed by atoms with Gasteiger partial charge in [0.25, 0.3) is 5.91 Å². The summed E-state index contributed by atoms with van der Waals surface area (Å²) < 4.78 is 60.3. The van der Waals surface area contributed by atoms with Gasteiger partial charge in [-0.05, 0) is 76.0 Å². The average molecular weight is 567 g/mol. The molecule has 3 heterocycles. The second-order valence-electron chi connectivity index (χ2n) is 11.3. The van der Waals surface area contributed by atoms with E-state index in [4.69, 9.17) is 10.5 Å². The SMILES string of the molecule is CC(C)(CN1CCC(COc2ccc(-c3ccc(C(=O)N4CC(O)CC4C(N)=O)cc3F)nc2)CC1)C(F)(F)F. The summed E-state index contributed by atoms with van der Waals surface area (Å²) >= 11 is 0. The quantitative estimate of drug-likeness (QED) is 0.473. The van der Waals surface area contributed by atoms with E-state index in [2.05, 4.69) is 4.98 Å². The molecule has 0 saturated carbocycles. The first-order valence-electron chi connectivity index (χ1n) is 13.2. The molecular formula is C28H34F4N4O4. The zero-order chi connectivity index (χ0) is 29.2. The van der Waals surface area contributed by atoms with E-state index in [0.717, 1.165) is 23.8 Å². The number of β-amino-alcohol motifs (C(OH)–C–C–N with tert-alkyl or cyclic N) is 1. The first kappa shape index (κ1) is 29.7. The van der Waals surface area contributed by atoms with Crippen molar-refractivity contribution in [2.45, 2.75) is 51.4 Å². The lowest BCUT2D eigenvalue weighted by molar-refractivity contribution is -0.217. The first-order chi connectivity index (χ1) is 18.7. The fourth-order valence-corrected chi connectivity index (χ4v) is 5.13. The molecule has 218 valence electrons. The number of alkyl halides is 3. The Kier molecular flexibility index (Phi) is 8.69. The van der Waals surface area contributed by atoms with Crippen LogP contribution in [-0.2, 0) is 4.79 Å². The number of benzene rings is 1. The Hall–Kier alpha value is -3.25. The lowest BCUT2D eigenvalue weighted by atomic mass is 9.89. The molecule has 40 heavy (non-hydrogen) atoms. The number of nitrogens with zero attached hydrogens (tertiary/aromatic N) is 3. The van der Waals surface area contributed by atoms with E-state index in [9.17, 15) is 32.3 Å². The number of ether oxygens (including phenoxy) is 1. The number of aliphatic hydroxyl groups is 1. The second-order valence-corrected chi connectivity index (χ2v) is 11.3. The fraction of sp³-hybridized carbons (Fsp3) is 0.536. The summed E-state index contributed by atoms with van der Waals surface area (Å²) in [6, 6.07) is 6.22. The number of hydrogen-bond donors (Lipinski definition) is 2. The summed E-state index contributed by atoms with van der Waals surface area (Å²) in [4.78, 5) is 31.7. The lowest BCUT2D eigenvalue weighted by Gasteiger charge is -2.38. The first-order valence-corrected chi connectivity index (χ1v) is 13.2. The van der Waals surface area contributed by atoms with Crippen molar-refractivity contribution in [3.63, 3.8) is 0 Å². The Balaban J connectivity index is 1.31. The van der Waals surface area contributed by atoms with E-state index in [1.54, 1.807) is 12.1 Å². The topological polar surface area (TPSA) is 109 Å². The fourth-order valence-electron chi connectivity index (χ4n) is 5.13. The number of carbonyl (C=O) groups is 2. The number of aromatic nitrogens is 1. The van der Waals surface area contributed by atoms with Gasteiger partial charge in [-0.15, -0.1) is 0 Å². The third-order valence-electron chi connectivity index (χ3n) is 7.68. The maximum absolute atomic E-state index is 15.0. The summed E-state index contributed by atoms with van der Waals surface area (Å²) in [5.41, 5.74) is 4.10. The van der Waals surface area contributed by atoms with Crippen molar-refractivity contribution in [1.29, 1.82) is 0 Å². The molecule has 2 aromatic rings. The van der Waals surface area contributed by atoms with Gasteiger partial charge in [0, 0.05) is 30.6 Å². The van der Waals surface area contributed by atoms with Crippen molar-refractivity contribution < 1.29 is 37.0 Å². The number of halogens is 4. The number of carbonyl (C=O) groups excluding carboxylic acids is 2. The molecule has 2 fully saturated rings. The molecule has 2 aliphatic rings. The van der Waals surface area contributed by atoms with Gasteiger partial charge in [0.2, 0.25) is 5.91 Å². The molecule has 2 aliphatic heterocycles. The number of rotatable bonds is 8. The Labute approximate surface area is 230 Å². The van der Waals surface area contributed by atoms with Crippen LogP contribution in [0, 0.1) is 17.2 Å². The third kappa shape index (κ3) is 6.72. The molecule has 4 rings (SSSR count). The van der Waals surface area contributed by atoms with Crippen molar-refractivity contribution in [2.24, 2.45) is 17.1 Å². The number of likely N-dealkylation sites (tertiary alicyclic amines) is 2. The van der Waals surface area contributed by atoms with Crippen molar-refractivity contribution in [3.8, 4) is 17.0 Å². The van der Waals surface area contributed by atoms with Gasteiger partial charge in [-0.2, -0.15) is 13.2 Å². The van der Waals surface area contributed by atoms with Gasteiger partial charge in [0.05, 0.1) is 30.0 Å². The molecule has 0 aliphatic carbocycles. The van der Waals surface area contributed by atoms with Crippen LogP contribution in [0.15, 0.2) is 36.5 Å². The van der Waals surface area contributed by atoms with Gasteiger partial charge < -0.3 is 25.4 Å². The van der Waals surface area contributed by atoms with Gasteiger partial charge in [0.1, 0.15) is 17.6 Å². The summed E-state index contributed by atoms with van der Waals surface area (Å²) in [6.07, 6.45) is -2.16. The van der Waals surface area contributed by atoms with Crippen molar-refractivity contribution in [1.82, 2.24) is 14.8 Å².